The summed E-state index contributed by atoms with van der Waals surface area (Å²) in [5, 5.41) is 6.95. The van der Waals surface area contributed by atoms with Gasteiger partial charge in [-0.1, -0.05) is 6.92 Å². The van der Waals surface area contributed by atoms with E-state index < -0.39 is 0 Å². The van der Waals surface area contributed by atoms with E-state index in [1.54, 1.807) is 23.0 Å². The number of carbonyl (C=O) groups is 1. The molecule has 0 aliphatic carbocycles. The van der Waals surface area contributed by atoms with E-state index in [1.165, 1.54) is 0 Å². The van der Waals surface area contributed by atoms with Crippen molar-refractivity contribution >= 4 is 5.91 Å². The molecule has 0 radical (unpaired) electrons. The molecule has 0 unspecified atom stereocenters. The number of amides is 1. The Hall–Kier alpha value is -2.04. The summed E-state index contributed by atoms with van der Waals surface area (Å²) in [4.78, 5) is 11.8. The molecular formula is C13H17N3O2. The summed E-state index contributed by atoms with van der Waals surface area (Å²) in [5.74, 6) is 0.890. The van der Waals surface area contributed by atoms with Crippen LogP contribution in [0.3, 0.4) is 0 Å². The lowest BCUT2D eigenvalue weighted by Crippen LogP contribution is -2.31. The lowest BCUT2D eigenvalue weighted by Gasteiger charge is -2.09. The van der Waals surface area contributed by atoms with Crippen LogP contribution >= 0.6 is 0 Å². The zero-order chi connectivity index (χ0) is 13.0. The van der Waals surface area contributed by atoms with Crippen molar-refractivity contribution in [1.82, 2.24) is 15.1 Å². The van der Waals surface area contributed by atoms with Gasteiger partial charge in [0.2, 0.25) is 0 Å². The maximum absolute atomic E-state index is 11.8. The van der Waals surface area contributed by atoms with E-state index in [1.807, 2.05) is 26.1 Å². The first-order valence-corrected chi connectivity index (χ1v) is 6.06. The second-order valence-corrected chi connectivity index (χ2v) is 4.25. The molecule has 96 valence electrons. The number of hydrogen-bond acceptors (Lipinski definition) is 3. The van der Waals surface area contributed by atoms with Crippen molar-refractivity contribution in [2.75, 3.05) is 0 Å². The average molecular weight is 247 g/mol. The van der Waals surface area contributed by atoms with Crippen molar-refractivity contribution in [3.8, 4) is 0 Å². The summed E-state index contributed by atoms with van der Waals surface area (Å²) in [5.41, 5.74) is 0. The Morgan fingerprint density at radius 3 is 3.06 bits per heavy atom. The van der Waals surface area contributed by atoms with Gasteiger partial charge in [0.1, 0.15) is 5.76 Å². The summed E-state index contributed by atoms with van der Waals surface area (Å²) in [6.45, 7) is 4.52. The molecule has 1 atom stereocenters. The van der Waals surface area contributed by atoms with Crippen molar-refractivity contribution in [2.45, 2.75) is 32.9 Å². The minimum atomic E-state index is -0.170. The van der Waals surface area contributed by atoms with Crippen molar-refractivity contribution < 1.29 is 9.21 Å². The van der Waals surface area contributed by atoms with E-state index in [0.29, 0.717) is 18.1 Å². The summed E-state index contributed by atoms with van der Waals surface area (Å²) in [6.07, 6.45) is 4.45. The molecule has 0 bridgehead atoms. The van der Waals surface area contributed by atoms with Crippen LogP contribution in [0.5, 0.6) is 0 Å². The molecule has 5 heteroatoms. The summed E-state index contributed by atoms with van der Waals surface area (Å²) < 4.78 is 7.24. The van der Waals surface area contributed by atoms with E-state index >= 15 is 0 Å². The topological polar surface area (TPSA) is 60.1 Å². The molecule has 0 aromatic carbocycles. The largest absolute Gasteiger partial charge is 0.454 e. The lowest BCUT2D eigenvalue weighted by molar-refractivity contribution is 0.0909. The molecule has 1 N–H and O–H groups in total. The number of carbonyl (C=O) groups excluding carboxylic acids is 1. The Morgan fingerprint density at radius 2 is 2.39 bits per heavy atom. The Labute approximate surface area is 106 Å². The third kappa shape index (κ3) is 3.00. The predicted octanol–water partition coefficient (Wildman–Crippen LogP) is 2.05. The molecule has 0 aliphatic heterocycles. The SMILES string of the molecule is CC[C@H](C)NC(=O)c1ccc(Cn2cccn2)o1. The Morgan fingerprint density at radius 1 is 1.56 bits per heavy atom. The van der Waals surface area contributed by atoms with E-state index in [-0.39, 0.29) is 11.9 Å². The van der Waals surface area contributed by atoms with Gasteiger partial charge in [0.05, 0.1) is 6.54 Å². The van der Waals surface area contributed by atoms with Crippen molar-refractivity contribution in [2.24, 2.45) is 0 Å². The highest BCUT2D eigenvalue weighted by Gasteiger charge is 2.13. The minimum Gasteiger partial charge on any atom is -0.454 e. The fourth-order valence-electron chi connectivity index (χ4n) is 1.54. The number of aromatic nitrogens is 2. The zero-order valence-corrected chi connectivity index (χ0v) is 10.6. The second kappa shape index (κ2) is 5.53. The molecule has 0 saturated carbocycles. The first-order valence-electron chi connectivity index (χ1n) is 6.06. The van der Waals surface area contributed by atoms with E-state index in [0.717, 1.165) is 6.42 Å². The Kier molecular flexibility index (Phi) is 3.82. The van der Waals surface area contributed by atoms with Gasteiger partial charge in [-0.05, 0) is 31.5 Å². The molecule has 1 amide bonds. The number of rotatable bonds is 5. The second-order valence-electron chi connectivity index (χ2n) is 4.25. The van der Waals surface area contributed by atoms with Crippen LogP contribution in [0.25, 0.3) is 0 Å². The quantitative estimate of drug-likeness (QED) is 0.879. The van der Waals surface area contributed by atoms with Gasteiger partial charge in [-0.15, -0.1) is 0 Å². The fourth-order valence-corrected chi connectivity index (χ4v) is 1.54. The maximum atomic E-state index is 11.8. The van der Waals surface area contributed by atoms with Crippen molar-refractivity contribution in [3.05, 3.63) is 42.1 Å². The van der Waals surface area contributed by atoms with Crippen LogP contribution in [-0.4, -0.2) is 21.7 Å². The Bertz CT molecular complexity index is 502. The maximum Gasteiger partial charge on any atom is 0.287 e. The highest BCUT2D eigenvalue weighted by molar-refractivity contribution is 5.91. The molecule has 0 saturated heterocycles. The van der Waals surface area contributed by atoms with Crippen LogP contribution in [0.15, 0.2) is 35.0 Å². The van der Waals surface area contributed by atoms with Crippen LogP contribution in [-0.2, 0) is 6.54 Å². The standard InChI is InChI=1S/C13H17N3O2/c1-3-10(2)15-13(17)12-6-5-11(18-12)9-16-8-4-7-14-16/h4-8,10H,3,9H2,1-2H3,(H,15,17)/t10-/m0/s1. The van der Waals surface area contributed by atoms with Crippen molar-refractivity contribution in [1.29, 1.82) is 0 Å². The molecule has 2 rings (SSSR count). The number of nitrogens with zero attached hydrogens (tertiary/aromatic N) is 2. The van der Waals surface area contributed by atoms with E-state index in [4.69, 9.17) is 4.42 Å². The van der Waals surface area contributed by atoms with Gasteiger partial charge in [0.15, 0.2) is 5.76 Å². The summed E-state index contributed by atoms with van der Waals surface area (Å²) in [6, 6.07) is 5.49. The molecule has 2 aromatic rings. The van der Waals surface area contributed by atoms with Crippen LogP contribution < -0.4 is 5.32 Å². The van der Waals surface area contributed by atoms with Crippen LogP contribution in [0.1, 0.15) is 36.6 Å². The van der Waals surface area contributed by atoms with Gasteiger partial charge >= 0.3 is 0 Å². The fraction of sp³-hybridized carbons (Fsp3) is 0.385. The van der Waals surface area contributed by atoms with Crippen molar-refractivity contribution in [3.63, 3.8) is 0 Å². The molecular weight excluding hydrogens is 230 g/mol. The molecule has 2 aromatic heterocycles. The van der Waals surface area contributed by atoms with Crippen LogP contribution in [0, 0.1) is 0 Å². The van der Waals surface area contributed by atoms with Crippen LogP contribution in [0.4, 0.5) is 0 Å². The molecule has 18 heavy (non-hydrogen) atoms. The number of nitrogens with one attached hydrogen (secondary N) is 1. The first kappa shape index (κ1) is 12.4. The van der Waals surface area contributed by atoms with Gasteiger partial charge in [-0.2, -0.15) is 5.10 Å². The smallest absolute Gasteiger partial charge is 0.287 e. The molecule has 0 fully saturated rings. The predicted molar refractivity (Wildman–Crippen MR) is 67.3 cm³/mol. The third-order valence-electron chi connectivity index (χ3n) is 2.75. The molecule has 2 heterocycles. The normalized spacial score (nSPS) is 12.3. The lowest BCUT2D eigenvalue weighted by atomic mass is 10.2. The molecule has 0 spiro atoms. The third-order valence-corrected chi connectivity index (χ3v) is 2.75. The summed E-state index contributed by atoms with van der Waals surface area (Å²) >= 11 is 0. The Balaban J connectivity index is 1.99. The van der Waals surface area contributed by atoms with Gasteiger partial charge in [0.25, 0.3) is 5.91 Å². The first-order chi connectivity index (χ1) is 8.69. The van der Waals surface area contributed by atoms with E-state index in [2.05, 4.69) is 10.4 Å². The number of hydrogen-bond donors (Lipinski definition) is 1. The molecule has 0 aliphatic rings. The molecule has 5 nitrogen and oxygen atoms in total. The minimum absolute atomic E-state index is 0.150. The van der Waals surface area contributed by atoms with Gasteiger partial charge in [-0.25, -0.2) is 0 Å². The van der Waals surface area contributed by atoms with Crippen LogP contribution in [0.2, 0.25) is 0 Å². The highest BCUT2D eigenvalue weighted by atomic mass is 16.4. The van der Waals surface area contributed by atoms with E-state index in [9.17, 15) is 4.79 Å². The van der Waals surface area contributed by atoms with Gasteiger partial charge in [-0.3, -0.25) is 9.48 Å². The van der Waals surface area contributed by atoms with Gasteiger partial charge < -0.3 is 9.73 Å². The van der Waals surface area contributed by atoms with Gasteiger partial charge in [0, 0.05) is 18.4 Å². The average Bonchev–Trinajstić information content (AvgIpc) is 3.00. The summed E-state index contributed by atoms with van der Waals surface area (Å²) in [7, 11) is 0. The highest BCUT2D eigenvalue weighted by Crippen LogP contribution is 2.09. The zero-order valence-electron chi connectivity index (χ0n) is 10.6. The monoisotopic (exact) mass is 247 g/mol. The number of furan rings is 1.